The minimum atomic E-state index is -0.922. The maximum absolute atomic E-state index is 10.4. The molecule has 0 aliphatic heterocycles. The standard InChI is InChI=1S/C17H16O3/c1-20-16-9-4-8-15(12-16)14-7-2-5-13(11-14)6-3-10-17(18)19/h2-5,7-12H,6H2,1H3,(H,18,19)/b10-3+. The van der Waals surface area contributed by atoms with Crippen LogP contribution < -0.4 is 4.74 Å². The summed E-state index contributed by atoms with van der Waals surface area (Å²) in [5, 5.41) is 8.58. The Bertz CT molecular complexity index is 630. The van der Waals surface area contributed by atoms with Crippen molar-refractivity contribution in [3.05, 3.63) is 66.2 Å². The second-order valence-electron chi connectivity index (χ2n) is 4.38. The van der Waals surface area contributed by atoms with Crippen LogP contribution in [0.4, 0.5) is 0 Å². The smallest absolute Gasteiger partial charge is 0.327 e. The van der Waals surface area contributed by atoms with Crippen molar-refractivity contribution in [2.24, 2.45) is 0 Å². The molecule has 0 radical (unpaired) electrons. The van der Waals surface area contributed by atoms with Gasteiger partial charge in [0.05, 0.1) is 7.11 Å². The summed E-state index contributed by atoms with van der Waals surface area (Å²) in [6.45, 7) is 0. The van der Waals surface area contributed by atoms with E-state index in [1.54, 1.807) is 13.2 Å². The molecule has 0 aliphatic rings. The summed E-state index contributed by atoms with van der Waals surface area (Å²) in [6.07, 6.45) is 3.41. The Kier molecular flexibility index (Phi) is 4.56. The molecule has 102 valence electrons. The van der Waals surface area contributed by atoms with E-state index < -0.39 is 5.97 Å². The number of rotatable bonds is 5. The molecule has 0 aliphatic carbocycles. The van der Waals surface area contributed by atoms with Crippen LogP contribution in [0.1, 0.15) is 5.56 Å². The van der Waals surface area contributed by atoms with E-state index in [9.17, 15) is 4.79 Å². The molecule has 0 saturated heterocycles. The molecule has 0 atom stereocenters. The normalized spacial score (nSPS) is 10.7. The Labute approximate surface area is 118 Å². The lowest BCUT2D eigenvalue weighted by atomic mass is 10.0. The van der Waals surface area contributed by atoms with Crippen LogP contribution in [-0.4, -0.2) is 18.2 Å². The zero-order chi connectivity index (χ0) is 14.4. The molecule has 0 spiro atoms. The molecule has 3 nitrogen and oxygen atoms in total. The average Bonchev–Trinajstić information content (AvgIpc) is 2.47. The highest BCUT2D eigenvalue weighted by Gasteiger charge is 2.00. The Morgan fingerprint density at radius 2 is 1.85 bits per heavy atom. The van der Waals surface area contributed by atoms with Gasteiger partial charge in [-0.05, 0) is 35.2 Å². The lowest BCUT2D eigenvalue weighted by Gasteiger charge is -2.06. The van der Waals surface area contributed by atoms with Gasteiger partial charge in [-0.15, -0.1) is 0 Å². The maximum Gasteiger partial charge on any atom is 0.327 e. The van der Waals surface area contributed by atoms with Crippen molar-refractivity contribution < 1.29 is 14.6 Å². The van der Waals surface area contributed by atoms with E-state index in [1.807, 2.05) is 42.5 Å². The number of benzene rings is 2. The number of ether oxygens (including phenoxy) is 1. The molecule has 20 heavy (non-hydrogen) atoms. The molecule has 3 heteroatoms. The average molecular weight is 268 g/mol. The number of hydrogen-bond acceptors (Lipinski definition) is 2. The third-order valence-electron chi connectivity index (χ3n) is 2.94. The first-order chi connectivity index (χ1) is 9.69. The van der Waals surface area contributed by atoms with Gasteiger partial charge in [0.25, 0.3) is 0 Å². The van der Waals surface area contributed by atoms with Crippen LogP contribution in [0.3, 0.4) is 0 Å². The number of methoxy groups -OCH3 is 1. The van der Waals surface area contributed by atoms with Gasteiger partial charge in [0.15, 0.2) is 0 Å². The number of carboxylic acid groups (broad SMARTS) is 1. The Balaban J connectivity index is 2.22. The van der Waals surface area contributed by atoms with Gasteiger partial charge in [-0.2, -0.15) is 0 Å². The van der Waals surface area contributed by atoms with Crippen molar-refractivity contribution >= 4 is 5.97 Å². The van der Waals surface area contributed by atoms with Crippen LogP contribution in [0.15, 0.2) is 60.7 Å². The minimum Gasteiger partial charge on any atom is -0.497 e. The quantitative estimate of drug-likeness (QED) is 0.844. The molecular weight excluding hydrogens is 252 g/mol. The van der Waals surface area contributed by atoms with Crippen molar-refractivity contribution in [3.63, 3.8) is 0 Å². The minimum absolute atomic E-state index is 0.601. The van der Waals surface area contributed by atoms with Gasteiger partial charge in [-0.3, -0.25) is 0 Å². The third-order valence-corrected chi connectivity index (χ3v) is 2.94. The Morgan fingerprint density at radius 1 is 1.15 bits per heavy atom. The van der Waals surface area contributed by atoms with Crippen LogP contribution in [0, 0.1) is 0 Å². The molecule has 0 bridgehead atoms. The molecule has 0 amide bonds. The number of hydrogen-bond donors (Lipinski definition) is 1. The first-order valence-corrected chi connectivity index (χ1v) is 6.32. The first-order valence-electron chi connectivity index (χ1n) is 6.32. The van der Waals surface area contributed by atoms with Crippen molar-refractivity contribution in [2.45, 2.75) is 6.42 Å². The van der Waals surface area contributed by atoms with Crippen LogP contribution >= 0.6 is 0 Å². The van der Waals surface area contributed by atoms with E-state index in [0.717, 1.165) is 28.5 Å². The van der Waals surface area contributed by atoms with E-state index in [-0.39, 0.29) is 0 Å². The van der Waals surface area contributed by atoms with E-state index >= 15 is 0 Å². The van der Waals surface area contributed by atoms with Gasteiger partial charge in [-0.1, -0.05) is 42.5 Å². The van der Waals surface area contributed by atoms with Gasteiger partial charge in [-0.25, -0.2) is 4.79 Å². The van der Waals surface area contributed by atoms with Gasteiger partial charge in [0, 0.05) is 6.08 Å². The molecule has 2 rings (SSSR count). The SMILES string of the molecule is COc1cccc(-c2cccc(C/C=C/C(=O)O)c2)c1. The second kappa shape index (κ2) is 6.57. The van der Waals surface area contributed by atoms with Crippen LogP contribution in [0.2, 0.25) is 0 Å². The molecular formula is C17H16O3. The van der Waals surface area contributed by atoms with Gasteiger partial charge >= 0.3 is 5.97 Å². The number of allylic oxidation sites excluding steroid dienone is 1. The number of carboxylic acids is 1. The van der Waals surface area contributed by atoms with Crippen molar-refractivity contribution in [3.8, 4) is 16.9 Å². The summed E-state index contributed by atoms with van der Waals surface area (Å²) in [5.74, 6) is -0.104. The fourth-order valence-electron chi connectivity index (χ4n) is 1.98. The Hall–Kier alpha value is -2.55. The van der Waals surface area contributed by atoms with E-state index in [4.69, 9.17) is 9.84 Å². The molecule has 0 unspecified atom stereocenters. The Morgan fingerprint density at radius 3 is 2.55 bits per heavy atom. The van der Waals surface area contributed by atoms with Crippen molar-refractivity contribution in [2.75, 3.05) is 7.11 Å². The summed E-state index contributed by atoms with van der Waals surface area (Å²) in [4.78, 5) is 10.4. The largest absolute Gasteiger partial charge is 0.497 e. The number of aliphatic carboxylic acids is 1. The fraction of sp³-hybridized carbons (Fsp3) is 0.118. The molecule has 0 aromatic heterocycles. The predicted molar refractivity (Wildman–Crippen MR) is 78.9 cm³/mol. The second-order valence-corrected chi connectivity index (χ2v) is 4.38. The number of carbonyl (C=O) groups is 1. The molecule has 1 N–H and O–H groups in total. The van der Waals surface area contributed by atoms with Gasteiger partial charge < -0.3 is 9.84 Å². The summed E-state index contributed by atoms with van der Waals surface area (Å²) in [5.41, 5.74) is 3.24. The lowest BCUT2D eigenvalue weighted by Crippen LogP contribution is -1.88. The highest BCUT2D eigenvalue weighted by Crippen LogP contribution is 2.24. The molecule has 0 saturated carbocycles. The van der Waals surface area contributed by atoms with Crippen molar-refractivity contribution in [1.82, 2.24) is 0 Å². The van der Waals surface area contributed by atoms with Crippen molar-refractivity contribution in [1.29, 1.82) is 0 Å². The van der Waals surface area contributed by atoms with Crippen LogP contribution in [0.5, 0.6) is 5.75 Å². The highest BCUT2D eigenvalue weighted by molar-refractivity contribution is 5.79. The monoisotopic (exact) mass is 268 g/mol. The predicted octanol–water partition coefficient (Wildman–Crippen LogP) is 3.55. The van der Waals surface area contributed by atoms with Crippen LogP contribution in [-0.2, 0) is 11.2 Å². The summed E-state index contributed by atoms with van der Waals surface area (Å²) in [7, 11) is 1.65. The third kappa shape index (κ3) is 3.72. The first kappa shape index (κ1) is 13.9. The van der Waals surface area contributed by atoms with Crippen LogP contribution in [0.25, 0.3) is 11.1 Å². The summed E-state index contributed by atoms with van der Waals surface area (Å²) in [6, 6.07) is 15.9. The van der Waals surface area contributed by atoms with E-state index in [1.165, 1.54) is 0 Å². The van der Waals surface area contributed by atoms with Gasteiger partial charge in [0.2, 0.25) is 0 Å². The zero-order valence-electron chi connectivity index (χ0n) is 11.2. The molecule has 0 heterocycles. The topological polar surface area (TPSA) is 46.5 Å². The molecule has 2 aromatic carbocycles. The zero-order valence-corrected chi connectivity index (χ0v) is 11.2. The fourth-order valence-corrected chi connectivity index (χ4v) is 1.98. The lowest BCUT2D eigenvalue weighted by molar-refractivity contribution is -0.131. The summed E-state index contributed by atoms with van der Waals surface area (Å²) >= 11 is 0. The van der Waals surface area contributed by atoms with E-state index in [0.29, 0.717) is 6.42 Å². The van der Waals surface area contributed by atoms with Gasteiger partial charge in [0.1, 0.15) is 5.75 Å². The summed E-state index contributed by atoms with van der Waals surface area (Å²) < 4.78 is 5.22. The highest BCUT2D eigenvalue weighted by atomic mass is 16.5. The maximum atomic E-state index is 10.4. The molecule has 2 aromatic rings. The van der Waals surface area contributed by atoms with E-state index in [2.05, 4.69) is 6.07 Å². The molecule has 0 fully saturated rings.